The van der Waals surface area contributed by atoms with E-state index >= 15 is 0 Å². The van der Waals surface area contributed by atoms with Gasteiger partial charge in [-0.3, -0.25) is 14.5 Å². The molecule has 0 fully saturated rings. The first-order valence-electron chi connectivity index (χ1n) is 4.60. The van der Waals surface area contributed by atoms with Gasteiger partial charge in [0.15, 0.2) is 0 Å². The van der Waals surface area contributed by atoms with Gasteiger partial charge >= 0.3 is 0 Å². The number of fused-ring (bicyclic) bond motifs is 1. The van der Waals surface area contributed by atoms with Crippen molar-refractivity contribution in [3.63, 3.8) is 0 Å². The number of carbonyl (C=O) groups excluding carboxylic acids is 2. The van der Waals surface area contributed by atoms with Crippen LogP contribution in [-0.2, 0) is 4.79 Å². The van der Waals surface area contributed by atoms with Crippen LogP contribution in [0.2, 0.25) is 0 Å². The van der Waals surface area contributed by atoms with Crippen LogP contribution in [0.3, 0.4) is 0 Å². The highest BCUT2D eigenvalue weighted by molar-refractivity contribution is 9.11. The molecule has 1 aliphatic heterocycles. The zero-order chi connectivity index (χ0) is 12.7. The van der Waals surface area contributed by atoms with Crippen molar-refractivity contribution < 1.29 is 14.0 Å². The van der Waals surface area contributed by atoms with Gasteiger partial charge in [0.05, 0.1) is 17.8 Å². The minimum atomic E-state index is -0.700. The number of nitrogens with zero attached hydrogens (tertiary/aromatic N) is 1. The zero-order valence-corrected chi connectivity index (χ0v) is 11.6. The van der Waals surface area contributed by atoms with Gasteiger partial charge < -0.3 is 0 Å². The summed E-state index contributed by atoms with van der Waals surface area (Å²) in [6.45, 7) is 3.79. The fourth-order valence-corrected chi connectivity index (χ4v) is 2.57. The third kappa shape index (κ3) is 2.07. The number of ketones is 1. The number of hydrogen-bond donors (Lipinski definition) is 0. The summed E-state index contributed by atoms with van der Waals surface area (Å²) in [5.41, 5.74) is 0.470. The van der Waals surface area contributed by atoms with Crippen LogP contribution in [0.25, 0.3) is 0 Å². The lowest BCUT2D eigenvalue weighted by molar-refractivity contribution is -0.114. The van der Waals surface area contributed by atoms with Crippen LogP contribution >= 0.6 is 31.9 Å². The van der Waals surface area contributed by atoms with Gasteiger partial charge in [-0.25, -0.2) is 4.39 Å². The lowest BCUT2D eigenvalue weighted by Gasteiger charge is -2.16. The van der Waals surface area contributed by atoms with E-state index in [1.54, 1.807) is 0 Å². The molecule has 3 nitrogen and oxygen atoms in total. The summed E-state index contributed by atoms with van der Waals surface area (Å²) >= 11 is 6.29. The van der Waals surface area contributed by atoms with Crippen LogP contribution < -0.4 is 4.90 Å². The van der Waals surface area contributed by atoms with Crippen LogP contribution in [0.1, 0.15) is 10.4 Å². The maximum Gasteiger partial charge on any atom is 0.299 e. The standard InChI is InChI=1S/C11H6Br2FNO2/c1-5(12)4-15-9-7(10(16)11(15)17)2-6(14)3-8(9)13/h2-3H,1,4H2. The number of benzene rings is 1. The summed E-state index contributed by atoms with van der Waals surface area (Å²) in [6.07, 6.45) is 0. The molecule has 0 bridgehead atoms. The monoisotopic (exact) mass is 361 g/mol. The molecule has 0 N–H and O–H groups in total. The number of Topliss-reactive ketones (excluding diaryl/α,β-unsaturated/α-hetero) is 1. The van der Waals surface area contributed by atoms with Crippen molar-refractivity contribution in [1.82, 2.24) is 0 Å². The van der Waals surface area contributed by atoms with Gasteiger partial charge in [0.1, 0.15) is 5.82 Å². The summed E-state index contributed by atoms with van der Waals surface area (Å²) in [7, 11) is 0. The molecule has 17 heavy (non-hydrogen) atoms. The Kier molecular flexibility index (Phi) is 3.18. The number of anilines is 1. The first kappa shape index (κ1) is 12.4. The quantitative estimate of drug-likeness (QED) is 0.758. The van der Waals surface area contributed by atoms with E-state index in [0.717, 1.165) is 6.07 Å². The Morgan fingerprint density at radius 3 is 2.65 bits per heavy atom. The Bertz CT molecular complexity index is 557. The maximum absolute atomic E-state index is 13.2. The average Bonchev–Trinajstić information content (AvgIpc) is 2.43. The molecule has 1 heterocycles. The van der Waals surface area contributed by atoms with Crippen LogP contribution in [0.4, 0.5) is 10.1 Å². The largest absolute Gasteiger partial charge is 0.299 e. The molecule has 0 aliphatic carbocycles. The van der Waals surface area contributed by atoms with Crippen LogP contribution in [0.5, 0.6) is 0 Å². The third-order valence-electron chi connectivity index (χ3n) is 2.31. The van der Waals surface area contributed by atoms with Gasteiger partial charge in [-0.05, 0) is 28.1 Å². The summed E-state index contributed by atoms with van der Waals surface area (Å²) in [5.74, 6) is -1.93. The topological polar surface area (TPSA) is 37.4 Å². The lowest BCUT2D eigenvalue weighted by atomic mass is 10.1. The molecule has 6 heteroatoms. The van der Waals surface area contributed by atoms with Crippen molar-refractivity contribution in [3.05, 3.63) is 39.0 Å². The van der Waals surface area contributed by atoms with Crippen molar-refractivity contribution in [3.8, 4) is 0 Å². The Labute approximate surface area is 114 Å². The van der Waals surface area contributed by atoms with E-state index in [9.17, 15) is 14.0 Å². The highest BCUT2D eigenvalue weighted by atomic mass is 79.9. The maximum atomic E-state index is 13.2. The van der Waals surface area contributed by atoms with E-state index in [1.165, 1.54) is 11.0 Å². The minimum Gasteiger partial charge on any atom is -0.299 e. The molecule has 0 atom stereocenters. The lowest BCUT2D eigenvalue weighted by Crippen LogP contribution is -2.30. The number of carbonyl (C=O) groups is 2. The summed E-state index contributed by atoms with van der Waals surface area (Å²) < 4.78 is 14.1. The van der Waals surface area contributed by atoms with Gasteiger partial charge in [-0.1, -0.05) is 22.5 Å². The molecular weight excluding hydrogens is 357 g/mol. The molecule has 1 aromatic rings. The Balaban J connectivity index is 2.60. The number of hydrogen-bond acceptors (Lipinski definition) is 2. The Hall–Kier alpha value is -1.01. The van der Waals surface area contributed by atoms with Gasteiger partial charge in [-0.15, -0.1) is 0 Å². The van der Waals surface area contributed by atoms with E-state index in [2.05, 4.69) is 38.4 Å². The summed E-state index contributed by atoms with van der Waals surface area (Å²) in [6, 6.07) is 2.28. The summed E-state index contributed by atoms with van der Waals surface area (Å²) in [5, 5.41) is 0. The van der Waals surface area contributed by atoms with E-state index in [4.69, 9.17) is 0 Å². The molecule has 0 spiro atoms. The fourth-order valence-electron chi connectivity index (χ4n) is 1.68. The molecule has 2 rings (SSSR count). The minimum absolute atomic E-state index is 0.0793. The molecule has 88 valence electrons. The molecule has 0 saturated carbocycles. The first-order valence-corrected chi connectivity index (χ1v) is 6.19. The molecular formula is C11H6Br2FNO2. The molecule has 1 aromatic carbocycles. The number of amides is 1. The second kappa shape index (κ2) is 4.34. The molecule has 0 aromatic heterocycles. The van der Waals surface area contributed by atoms with Gasteiger partial charge in [-0.2, -0.15) is 0 Å². The molecule has 0 saturated heterocycles. The van der Waals surface area contributed by atoms with Gasteiger partial charge in [0.25, 0.3) is 11.7 Å². The van der Waals surface area contributed by atoms with E-state index in [1.807, 2.05) is 0 Å². The zero-order valence-electron chi connectivity index (χ0n) is 8.47. The second-order valence-corrected chi connectivity index (χ2v) is 5.50. The average molecular weight is 363 g/mol. The van der Waals surface area contributed by atoms with Crippen LogP contribution in [0, 0.1) is 5.82 Å². The summed E-state index contributed by atoms with van der Waals surface area (Å²) in [4.78, 5) is 24.7. The molecule has 0 radical (unpaired) electrons. The normalized spacial score (nSPS) is 14.2. The smallest absolute Gasteiger partial charge is 0.299 e. The highest BCUT2D eigenvalue weighted by Crippen LogP contribution is 2.37. The SMILES string of the molecule is C=C(Br)CN1C(=O)C(=O)c2cc(F)cc(Br)c21. The number of rotatable bonds is 2. The predicted molar refractivity (Wildman–Crippen MR) is 68.9 cm³/mol. The van der Waals surface area contributed by atoms with Crippen molar-refractivity contribution >= 4 is 49.2 Å². The van der Waals surface area contributed by atoms with E-state index in [0.29, 0.717) is 14.6 Å². The van der Waals surface area contributed by atoms with E-state index in [-0.39, 0.29) is 12.1 Å². The van der Waals surface area contributed by atoms with Gasteiger partial charge in [0.2, 0.25) is 0 Å². The van der Waals surface area contributed by atoms with Crippen LogP contribution in [0.15, 0.2) is 27.7 Å². The highest BCUT2D eigenvalue weighted by Gasteiger charge is 2.37. The molecule has 1 amide bonds. The Morgan fingerprint density at radius 1 is 1.41 bits per heavy atom. The van der Waals surface area contributed by atoms with Crippen molar-refractivity contribution in [2.24, 2.45) is 0 Å². The molecule has 0 unspecified atom stereocenters. The van der Waals surface area contributed by atoms with Gasteiger partial charge in [0, 0.05) is 8.96 Å². The van der Waals surface area contributed by atoms with Crippen molar-refractivity contribution in [2.75, 3.05) is 11.4 Å². The first-order chi connectivity index (χ1) is 7.91. The third-order valence-corrected chi connectivity index (χ3v) is 3.17. The Morgan fingerprint density at radius 2 is 2.06 bits per heavy atom. The second-order valence-electron chi connectivity index (χ2n) is 3.52. The fraction of sp³-hybridized carbons (Fsp3) is 0.0909. The van der Waals surface area contributed by atoms with E-state index < -0.39 is 17.5 Å². The van der Waals surface area contributed by atoms with Crippen LogP contribution in [-0.4, -0.2) is 18.2 Å². The molecule has 1 aliphatic rings. The van der Waals surface area contributed by atoms with Crippen molar-refractivity contribution in [2.45, 2.75) is 0 Å². The van der Waals surface area contributed by atoms with Crippen molar-refractivity contribution in [1.29, 1.82) is 0 Å². The predicted octanol–water partition coefficient (Wildman–Crippen LogP) is 3.03. The number of halogens is 3.